The van der Waals surface area contributed by atoms with E-state index in [1.807, 2.05) is 0 Å². The number of halogens is 3. The standard InChI is InChI=1S/C8H14F3NO7S2/c1-20(14,15)18-5-3-12(7(13)8(9,10)11)4-6-19-21(2,16)17/h3-6H2,1-2H3. The first-order valence-corrected chi connectivity index (χ1v) is 8.90. The van der Waals surface area contributed by atoms with Gasteiger partial charge in [0.2, 0.25) is 0 Å². The first-order valence-electron chi connectivity index (χ1n) is 5.27. The van der Waals surface area contributed by atoms with Crippen LogP contribution in [0.15, 0.2) is 0 Å². The second-order valence-corrected chi connectivity index (χ2v) is 7.13. The molecular formula is C8H14F3NO7S2. The van der Waals surface area contributed by atoms with Crippen molar-refractivity contribution >= 4 is 26.1 Å². The van der Waals surface area contributed by atoms with Crippen molar-refractivity contribution in [2.24, 2.45) is 0 Å². The van der Waals surface area contributed by atoms with Crippen LogP contribution in [-0.4, -0.2) is 72.6 Å². The van der Waals surface area contributed by atoms with Crippen molar-refractivity contribution in [1.29, 1.82) is 0 Å². The first kappa shape index (κ1) is 20.1. The molecule has 126 valence electrons. The summed E-state index contributed by atoms with van der Waals surface area (Å²) in [6.45, 7) is -2.78. The summed E-state index contributed by atoms with van der Waals surface area (Å²) in [4.78, 5) is 11.3. The van der Waals surface area contributed by atoms with Crippen LogP contribution in [0.5, 0.6) is 0 Å². The Bertz CT molecular complexity index is 517. The van der Waals surface area contributed by atoms with E-state index in [1.165, 1.54) is 0 Å². The Morgan fingerprint density at radius 2 is 1.29 bits per heavy atom. The van der Waals surface area contributed by atoms with Gasteiger partial charge in [0.05, 0.1) is 25.7 Å². The van der Waals surface area contributed by atoms with Gasteiger partial charge in [-0.1, -0.05) is 0 Å². The van der Waals surface area contributed by atoms with Crippen molar-refractivity contribution in [3.05, 3.63) is 0 Å². The third-order valence-corrected chi connectivity index (χ3v) is 3.04. The van der Waals surface area contributed by atoms with Crippen molar-refractivity contribution in [3.63, 3.8) is 0 Å². The Hall–Kier alpha value is -0.920. The molecular weight excluding hydrogens is 343 g/mol. The van der Waals surface area contributed by atoms with Gasteiger partial charge in [0.15, 0.2) is 0 Å². The van der Waals surface area contributed by atoms with Gasteiger partial charge < -0.3 is 4.90 Å². The number of carbonyl (C=O) groups excluding carboxylic acids is 1. The summed E-state index contributed by atoms with van der Waals surface area (Å²) >= 11 is 0. The molecule has 0 saturated carbocycles. The topological polar surface area (TPSA) is 107 Å². The zero-order chi connectivity index (χ0) is 16.9. The summed E-state index contributed by atoms with van der Waals surface area (Å²) in [7, 11) is -7.74. The Balaban J connectivity index is 4.66. The largest absolute Gasteiger partial charge is 0.471 e. The van der Waals surface area contributed by atoms with E-state index in [1.54, 1.807) is 0 Å². The van der Waals surface area contributed by atoms with Crippen molar-refractivity contribution in [2.45, 2.75) is 6.18 Å². The Morgan fingerprint density at radius 3 is 1.52 bits per heavy atom. The van der Waals surface area contributed by atoms with Gasteiger partial charge in [0, 0.05) is 13.1 Å². The molecule has 0 fully saturated rings. The molecule has 0 aliphatic carbocycles. The van der Waals surface area contributed by atoms with E-state index < -0.39 is 58.6 Å². The molecule has 0 radical (unpaired) electrons. The molecule has 0 bridgehead atoms. The minimum atomic E-state index is -5.18. The fourth-order valence-electron chi connectivity index (χ4n) is 1.09. The Kier molecular flexibility index (Phi) is 7.05. The lowest BCUT2D eigenvalue weighted by Crippen LogP contribution is -2.44. The quantitative estimate of drug-likeness (QED) is 0.530. The lowest BCUT2D eigenvalue weighted by molar-refractivity contribution is -0.186. The van der Waals surface area contributed by atoms with Crippen molar-refractivity contribution in [1.82, 2.24) is 4.90 Å². The summed E-state index contributed by atoms with van der Waals surface area (Å²) in [5.41, 5.74) is 0. The summed E-state index contributed by atoms with van der Waals surface area (Å²) in [6, 6.07) is 0. The van der Waals surface area contributed by atoms with Gasteiger partial charge in [0.25, 0.3) is 20.2 Å². The van der Waals surface area contributed by atoms with E-state index >= 15 is 0 Å². The molecule has 0 atom stereocenters. The molecule has 0 rings (SSSR count). The van der Waals surface area contributed by atoms with Gasteiger partial charge in [-0.3, -0.25) is 13.2 Å². The molecule has 21 heavy (non-hydrogen) atoms. The van der Waals surface area contributed by atoms with Gasteiger partial charge in [-0.15, -0.1) is 0 Å². The second kappa shape index (κ2) is 7.38. The van der Waals surface area contributed by atoms with Crippen LogP contribution in [-0.2, 0) is 33.4 Å². The number of rotatable bonds is 8. The third kappa shape index (κ3) is 10.4. The molecule has 0 aromatic carbocycles. The molecule has 0 aliphatic rings. The molecule has 0 aromatic rings. The Morgan fingerprint density at radius 1 is 0.952 bits per heavy atom. The van der Waals surface area contributed by atoms with Gasteiger partial charge in [0.1, 0.15) is 0 Å². The number of amides is 1. The molecule has 0 N–H and O–H groups in total. The zero-order valence-corrected chi connectivity index (χ0v) is 12.7. The molecule has 0 unspecified atom stereocenters. The van der Waals surface area contributed by atoms with Crippen molar-refractivity contribution < 1.29 is 43.2 Å². The molecule has 0 saturated heterocycles. The highest BCUT2D eigenvalue weighted by Gasteiger charge is 2.42. The molecule has 1 amide bonds. The minimum absolute atomic E-state index is 0.191. The molecule has 13 heteroatoms. The lowest BCUT2D eigenvalue weighted by atomic mass is 10.4. The lowest BCUT2D eigenvalue weighted by Gasteiger charge is -2.23. The highest BCUT2D eigenvalue weighted by Crippen LogP contribution is 2.18. The van der Waals surface area contributed by atoms with Crippen LogP contribution in [0.25, 0.3) is 0 Å². The van der Waals surface area contributed by atoms with E-state index in [0.717, 1.165) is 0 Å². The fourth-order valence-corrected chi connectivity index (χ4v) is 1.85. The van der Waals surface area contributed by atoms with Crippen LogP contribution >= 0.6 is 0 Å². The van der Waals surface area contributed by atoms with E-state index in [9.17, 15) is 34.8 Å². The normalized spacial score (nSPS) is 13.2. The van der Waals surface area contributed by atoms with E-state index in [0.29, 0.717) is 12.5 Å². The predicted octanol–water partition coefficient (Wildman–Crippen LogP) is -0.670. The van der Waals surface area contributed by atoms with Crippen LogP contribution < -0.4 is 0 Å². The van der Waals surface area contributed by atoms with Gasteiger partial charge >= 0.3 is 12.1 Å². The number of alkyl halides is 3. The molecule has 0 spiro atoms. The summed E-state index contributed by atoms with van der Waals surface area (Å²) in [5, 5.41) is 0. The average Bonchev–Trinajstić information content (AvgIpc) is 2.21. The number of carbonyl (C=O) groups is 1. The fraction of sp³-hybridized carbons (Fsp3) is 0.875. The van der Waals surface area contributed by atoms with Crippen LogP contribution in [0.2, 0.25) is 0 Å². The molecule has 0 aromatic heterocycles. The van der Waals surface area contributed by atoms with Crippen LogP contribution in [0, 0.1) is 0 Å². The number of hydrogen-bond donors (Lipinski definition) is 0. The number of hydrogen-bond acceptors (Lipinski definition) is 7. The summed E-state index contributed by atoms with van der Waals surface area (Å²) < 4.78 is 88.1. The smallest absolute Gasteiger partial charge is 0.330 e. The monoisotopic (exact) mass is 357 g/mol. The van der Waals surface area contributed by atoms with Gasteiger partial charge in [-0.2, -0.15) is 30.0 Å². The molecule has 8 nitrogen and oxygen atoms in total. The van der Waals surface area contributed by atoms with E-state index in [2.05, 4.69) is 8.37 Å². The summed E-state index contributed by atoms with van der Waals surface area (Å²) in [5.74, 6) is -2.25. The SMILES string of the molecule is CS(=O)(=O)OCCN(CCOS(C)(=O)=O)C(=O)C(F)(F)F. The highest BCUT2D eigenvalue weighted by atomic mass is 32.2. The van der Waals surface area contributed by atoms with Crippen molar-refractivity contribution in [3.8, 4) is 0 Å². The predicted molar refractivity (Wildman–Crippen MR) is 64.2 cm³/mol. The van der Waals surface area contributed by atoms with Crippen LogP contribution in [0.3, 0.4) is 0 Å². The minimum Gasteiger partial charge on any atom is -0.330 e. The second-order valence-electron chi connectivity index (χ2n) is 3.84. The van der Waals surface area contributed by atoms with E-state index in [-0.39, 0.29) is 4.90 Å². The average molecular weight is 357 g/mol. The van der Waals surface area contributed by atoms with Crippen LogP contribution in [0.4, 0.5) is 13.2 Å². The van der Waals surface area contributed by atoms with Crippen LogP contribution in [0.1, 0.15) is 0 Å². The maximum Gasteiger partial charge on any atom is 0.471 e. The van der Waals surface area contributed by atoms with Crippen molar-refractivity contribution in [2.75, 3.05) is 38.8 Å². The number of nitrogens with zero attached hydrogens (tertiary/aromatic N) is 1. The highest BCUT2D eigenvalue weighted by molar-refractivity contribution is 7.86. The maximum atomic E-state index is 12.3. The zero-order valence-electron chi connectivity index (χ0n) is 11.1. The first-order chi connectivity index (χ1) is 9.22. The van der Waals surface area contributed by atoms with Gasteiger partial charge in [-0.25, -0.2) is 0 Å². The Labute approximate surface area is 120 Å². The summed E-state index contributed by atoms with van der Waals surface area (Å²) in [6.07, 6.45) is -3.80. The maximum absolute atomic E-state index is 12.3. The van der Waals surface area contributed by atoms with Gasteiger partial charge in [-0.05, 0) is 0 Å². The third-order valence-electron chi connectivity index (χ3n) is 1.85. The molecule has 0 aliphatic heterocycles. The van der Waals surface area contributed by atoms with E-state index in [4.69, 9.17) is 0 Å². The molecule has 0 heterocycles.